The highest BCUT2D eigenvalue weighted by Crippen LogP contribution is 2.19. The summed E-state index contributed by atoms with van der Waals surface area (Å²) in [6, 6.07) is 12.6. The molecule has 5 nitrogen and oxygen atoms in total. The van der Waals surface area contributed by atoms with Crippen LogP contribution in [0.2, 0.25) is 0 Å². The summed E-state index contributed by atoms with van der Waals surface area (Å²) in [5.41, 5.74) is 4.55. The Labute approximate surface area is 141 Å². The molecule has 2 aromatic heterocycles. The minimum absolute atomic E-state index is 0.165. The molecule has 3 N–H and O–H groups in total. The van der Waals surface area contributed by atoms with Crippen LogP contribution in [0.25, 0.3) is 11.0 Å². The number of fused-ring (bicyclic) bond motifs is 1. The second kappa shape index (κ2) is 6.63. The Morgan fingerprint density at radius 2 is 2.25 bits per heavy atom. The van der Waals surface area contributed by atoms with Crippen LogP contribution >= 0.6 is 0 Å². The van der Waals surface area contributed by atoms with Crippen molar-refractivity contribution in [2.75, 3.05) is 18.4 Å². The lowest BCUT2D eigenvalue weighted by molar-refractivity contribution is 0.175. The van der Waals surface area contributed by atoms with E-state index < -0.39 is 0 Å². The molecule has 24 heavy (non-hydrogen) atoms. The van der Waals surface area contributed by atoms with Crippen molar-refractivity contribution in [1.29, 1.82) is 0 Å². The molecule has 0 aliphatic carbocycles. The summed E-state index contributed by atoms with van der Waals surface area (Å²) in [4.78, 5) is 9.77. The minimum Gasteiger partial charge on any atom is -0.392 e. The van der Waals surface area contributed by atoms with Crippen LogP contribution < -0.4 is 5.32 Å². The normalized spacial score (nSPS) is 18.3. The van der Waals surface area contributed by atoms with E-state index in [4.69, 9.17) is 0 Å². The van der Waals surface area contributed by atoms with E-state index in [9.17, 15) is 5.11 Å². The number of aliphatic hydroxyl groups excluding tert-OH is 1. The number of nitrogens with one attached hydrogen (secondary N) is 2. The number of hydrogen-bond acceptors (Lipinski definition) is 4. The van der Waals surface area contributed by atoms with E-state index in [2.05, 4.69) is 56.6 Å². The van der Waals surface area contributed by atoms with Crippen molar-refractivity contribution in [2.45, 2.75) is 25.6 Å². The molecule has 124 valence electrons. The lowest BCUT2D eigenvalue weighted by atomic mass is 10.1. The van der Waals surface area contributed by atoms with E-state index in [0.29, 0.717) is 0 Å². The molecule has 0 saturated carbocycles. The molecule has 1 fully saturated rings. The van der Waals surface area contributed by atoms with Gasteiger partial charge < -0.3 is 15.4 Å². The first kappa shape index (κ1) is 15.2. The topological polar surface area (TPSA) is 64.2 Å². The number of β-amino-alcohol motifs (C(OH)–C–C–N with tert-alkyl or cyclic N) is 1. The first-order valence-corrected chi connectivity index (χ1v) is 8.42. The Bertz CT molecular complexity index is 829. The van der Waals surface area contributed by atoms with Crippen LogP contribution in [-0.4, -0.2) is 39.2 Å². The Kier molecular flexibility index (Phi) is 4.19. The molecule has 0 radical (unpaired) electrons. The predicted octanol–water partition coefficient (Wildman–Crippen LogP) is 2.74. The molecule has 3 heterocycles. The van der Waals surface area contributed by atoms with Gasteiger partial charge in [-0.3, -0.25) is 4.90 Å². The Morgan fingerprint density at radius 1 is 1.29 bits per heavy atom. The maximum absolute atomic E-state index is 9.65. The Balaban J connectivity index is 1.43. The van der Waals surface area contributed by atoms with Crippen molar-refractivity contribution in [2.24, 2.45) is 0 Å². The summed E-state index contributed by atoms with van der Waals surface area (Å²) >= 11 is 0. The molecule has 1 saturated heterocycles. The first-order valence-electron chi connectivity index (χ1n) is 8.42. The average Bonchev–Trinajstić information content (AvgIpc) is 3.22. The largest absolute Gasteiger partial charge is 0.392 e. The zero-order valence-corrected chi connectivity index (χ0v) is 13.6. The van der Waals surface area contributed by atoms with Crippen LogP contribution in [0.3, 0.4) is 0 Å². The molecular weight excluding hydrogens is 300 g/mol. The van der Waals surface area contributed by atoms with Crippen LogP contribution in [0.1, 0.15) is 17.5 Å². The summed E-state index contributed by atoms with van der Waals surface area (Å²) in [6.45, 7) is 3.41. The third kappa shape index (κ3) is 3.27. The van der Waals surface area contributed by atoms with E-state index in [0.717, 1.165) is 49.3 Å². The third-order valence-electron chi connectivity index (χ3n) is 4.61. The van der Waals surface area contributed by atoms with Gasteiger partial charge in [-0.25, -0.2) is 4.98 Å². The number of aromatic amines is 1. The zero-order chi connectivity index (χ0) is 16.4. The molecule has 1 aliphatic heterocycles. The van der Waals surface area contributed by atoms with Gasteiger partial charge in [0.15, 0.2) is 0 Å². The van der Waals surface area contributed by atoms with Crippen LogP contribution in [0, 0.1) is 0 Å². The van der Waals surface area contributed by atoms with Gasteiger partial charge in [-0.05, 0) is 41.8 Å². The number of hydrogen-bond donors (Lipinski definition) is 3. The number of aliphatic hydroxyl groups is 1. The number of H-pyrrole nitrogens is 1. The van der Waals surface area contributed by atoms with Crippen LogP contribution in [-0.2, 0) is 13.1 Å². The number of pyridine rings is 1. The number of rotatable bonds is 5. The molecule has 3 aromatic rings. The molecule has 1 unspecified atom stereocenters. The van der Waals surface area contributed by atoms with E-state index in [1.54, 1.807) is 0 Å². The fourth-order valence-electron chi connectivity index (χ4n) is 3.36. The van der Waals surface area contributed by atoms with Crippen molar-refractivity contribution < 1.29 is 5.11 Å². The van der Waals surface area contributed by atoms with Crippen molar-refractivity contribution >= 4 is 16.7 Å². The van der Waals surface area contributed by atoms with Crippen LogP contribution in [0.4, 0.5) is 5.69 Å². The summed E-state index contributed by atoms with van der Waals surface area (Å²) in [5.74, 6) is 0. The van der Waals surface area contributed by atoms with Gasteiger partial charge in [-0.1, -0.05) is 12.1 Å². The van der Waals surface area contributed by atoms with E-state index in [-0.39, 0.29) is 6.10 Å². The number of likely N-dealkylation sites (tertiary alicyclic amines) is 1. The fourth-order valence-corrected chi connectivity index (χ4v) is 3.36. The van der Waals surface area contributed by atoms with Crippen LogP contribution in [0.15, 0.2) is 48.8 Å². The number of benzene rings is 1. The smallest absolute Gasteiger partial charge is 0.137 e. The van der Waals surface area contributed by atoms with Gasteiger partial charge in [-0.15, -0.1) is 0 Å². The van der Waals surface area contributed by atoms with Gasteiger partial charge in [0.25, 0.3) is 0 Å². The van der Waals surface area contributed by atoms with Gasteiger partial charge >= 0.3 is 0 Å². The molecule has 5 heteroatoms. The van der Waals surface area contributed by atoms with Gasteiger partial charge in [0.2, 0.25) is 0 Å². The van der Waals surface area contributed by atoms with Gasteiger partial charge in [0.05, 0.1) is 6.10 Å². The molecule has 1 atom stereocenters. The fraction of sp³-hybridized carbons (Fsp3) is 0.316. The lowest BCUT2D eigenvalue weighted by Crippen LogP contribution is -2.21. The van der Waals surface area contributed by atoms with Crippen molar-refractivity contribution in [3.8, 4) is 0 Å². The second-order valence-electron chi connectivity index (χ2n) is 6.44. The maximum Gasteiger partial charge on any atom is 0.137 e. The minimum atomic E-state index is -0.165. The SMILES string of the molecule is OC1CCN(Cc2cccc(NCc3ccnc4[nH]ccc34)c2)C1. The van der Waals surface area contributed by atoms with Crippen LogP contribution in [0.5, 0.6) is 0 Å². The molecular formula is C19H22N4O. The summed E-state index contributed by atoms with van der Waals surface area (Å²) in [7, 11) is 0. The third-order valence-corrected chi connectivity index (χ3v) is 4.61. The number of anilines is 1. The number of nitrogens with zero attached hydrogens (tertiary/aromatic N) is 2. The molecule has 0 spiro atoms. The Morgan fingerprint density at radius 3 is 3.12 bits per heavy atom. The highest BCUT2D eigenvalue weighted by molar-refractivity contribution is 5.79. The van der Waals surface area contributed by atoms with Crippen molar-refractivity contribution in [3.05, 3.63) is 59.9 Å². The summed E-state index contributed by atoms with van der Waals surface area (Å²) < 4.78 is 0. The monoisotopic (exact) mass is 322 g/mol. The number of aromatic nitrogens is 2. The first-order chi connectivity index (χ1) is 11.8. The van der Waals surface area contributed by atoms with Crippen molar-refractivity contribution in [3.63, 3.8) is 0 Å². The second-order valence-corrected chi connectivity index (χ2v) is 6.44. The zero-order valence-electron chi connectivity index (χ0n) is 13.6. The summed E-state index contributed by atoms with van der Waals surface area (Å²) in [6.07, 6.45) is 4.48. The highest BCUT2D eigenvalue weighted by atomic mass is 16.3. The maximum atomic E-state index is 9.65. The predicted molar refractivity (Wildman–Crippen MR) is 95.8 cm³/mol. The van der Waals surface area contributed by atoms with Gasteiger partial charge in [0.1, 0.15) is 5.65 Å². The summed E-state index contributed by atoms with van der Waals surface area (Å²) in [5, 5.41) is 14.3. The molecule has 0 amide bonds. The quantitative estimate of drug-likeness (QED) is 0.676. The molecule has 4 rings (SSSR count). The van der Waals surface area contributed by atoms with E-state index in [1.807, 2.05) is 12.4 Å². The van der Waals surface area contributed by atoms with E-state index >= 15 is 0 Å². The standard InChI is InChI=1S/C19H22N4O/c24-17-6-9-23(13-17)12-14-2-1-3-16(10-14)22-11-15-4-7-20-19-18(15)5-8-21-19/h1-5,7-8,10,17,22,24H,6,9,11-13H2,(H,20,21). The lowest BCUT2D eigenvalue weighted by Gasteiger charge is -2.16. The average molecular weight is 322 g/mol. The van der Waals surface area contributed by atoms with Gasteiger partial charge in [-0.2, -0.15) is 0 Å². The highest BCUT2D eigenvalue weighted by Gasteiger charge is 2.19. The molecule has 1 aromatic carbocycles. The van der Waals surface area contributed by atoms with E-state index in [1.165, 1.54) is 11.1 Å². The van der Waals surface area contributed by atoms with Crippen molar-refractivity contribution in [1.82, 2.24) is 14.9 Å². The molecule has 0 bridgehead atoms. The van der Waals surface area contributed by atoms with Gasteiger partial charge in [0, 0.05) is 49.6 Å². The molecule has 1 aliphatic rings. The Hall–Kier alpha value is -2.37.